The van der Waals surface area contributed by atoms with Crippen molar-refractivity contribution in [2.45, 2.75) is 6.18 Å². The fourth-order valence-corrected chi connectivity index (χ4v) is 4.81. The number of hydrogen-bond acceptors (Lipinski definition) is 7. The average molecular weight is 515 g/mol. The molecule has 0 bridgehead atoms. The van der Waals surface area contributed by atoms with Crippen LogP contribution in [-0.2, 0) is 6.18 Å². The van der Waals surface area contributed by atoms with Crippen molar-refractivity contribution in [1.82, 2.24) is 39.7 Å². The van der Waals surface area contributed by atoms with Gasteiger partial charge in [0.15, 0.2) is 17.3 Å². The Hall–Kier alpha value is -4.10. The van der Waals surface area contributed by atoms with E-state index in [2.05, 4.69) is 30.2 Å². The van der Waals surface area contributed by atoms with Gasteiger partial charge in [0.05, 0.1) is 34.9 Å². The van der Waals surface area contributed by atoms with Crippen LogP contribution < -0.4 is 0 Å². The number of carbonyl (C=O) groups excluding carboxylic acids is 1. The van der Waals surface area contributed by atoms with Crippen molar-refractivity contribution in [2.75, 3.05) is 0 Å². The number of rotatable bonds is 4. The molecule has 174 valence electrons. The van der Waals surface area contributed by atoms with E-state index in [1.807, 2.05) is 0 Å². The van der Waals surface area contributed by atoms with Gasteiger partial charge in [-0.25, -0.2) is 14.6 Å². The third kappa shape index (κ3) is 3.39. The summed E-state index contributed by atoms with van der Waals surface area (Å²) in [6, 6.07) is 4.51. The number of pyridine rings is 2. The summed E-state index contributed by atoms with van der Waals surface area (Å²) in [5.74, 6) is -0.681. The van der Waals surface area contributed by atoms with Crippen molar-refractivity contribution in [2.24, 2.45) is 0 Å². The fraction of sp³-hybridized carbons (Fsp3) is 0.0476. The highest BCUT2D eigenvalue weighted by Gasteiger charge is 2.41. The lowest BCUT2D eigenvalue weighted by Gasteiger charge is -2.13. The van der Waals surface area contributed by atoms with Crippen molar-refractivity contribution in [3.05, 3.63) is 76.4 Å². The van der Waals surface area contributed by atoms with Gasteiger partial charge in [0.25, 0.3) is 0 Å². The number of H-pyrrole nitrogens is 1. The molecule has 0 fully saturated rings. The van der Waals surface area contributed by atoms with Gasteiger partial charge in [-0.1, -0.05) is 11.6 Å². The van der Waals surface area contributed by atoms with Gasteiger partial charge in [-0.15, -0.1) is 16.1 Å². The van der Waals surface area contributed by atoms with Gasteiger partial charge in [0.2, 0.25) is 0 Å². The molecule has 0 aliphatic rings. The first-order valence-electron chi connectivity index (χ1n) is 9.90. The quantitative estimate of drug-likeness (QED) is 0.337. The zero-order valence-electron chi connectivity index (χ0n) is 17.2. The third-order valence-electron chi connectivity index (χ3n) is 5.31. The number of ketones is 1. The number of halogens is 4. The Balaban J connectivity index is 1.50. The van der Waals surface area contributed by atoms with Crippen molar-refractivity contribution in [1.29, 1.82) is 0 Å². The van der Waals surface area contributed by atoms with Crippen LogP contribution in [0.25, 0.3) is 32.8 Å². The van der Waals surface area contributed by atoms with Crippen molar-refractivity contribution >= 4 is 50.0 Å². The topological polar surface area (TPSA) is 107 Å². The van der Waals surface area contributed by atoms with Gasteiger partial charge in [-0.3, -0.25) is 4.79 Å². The summed E-state index contributed by atoms with van der Waals surface area (Å²) in [4.78, 5) is 26.4. The molecule has 0 atom stereocenters. The first-order valence-corrected chi connectivity index (χ1v) is 11.2. The Morgan fingerprint density at radius 2 is 1.86 bits per heavy atom. The molecule has 14 heteroatoms. The van der Waals surface area contributed by atoms with Gasteiger partial charge in [-0.05, 0) is 23.6 Å². The molecule has 0 aromatic carbocycles. The zero-order valence-corrected chi connectivity index (χ0v) is 18.7. The average Bonchev–Trinajstić information content (AvgIpc) is 3.62. The number of carbonyl (C=O) groups is 1. The highest BCUT2D eigenvalue weighted by atomic mass is 35.5. The predicted octanol–water partition coefficient (Wildman–Crippen LogP) is 4.84. The molecular formula is C21H10ClF3N8OS. The number of hydrogen-bond donors (Lipinski definition) is 1. The van der Waals surface area contributed by atoms with Crippen LogP contribution in [0, 0.1) is 0 Å². The van der Waals surface area contributed by atoms with Crippen LogP contribution in [0.1, 0.15) is 21.6 Å². The number of aromatic amines is 1. The monoisotopic (exact) mass is 514 g/mol. The molecular weight excluding hydrogens is 505 g/mol. The Labute approximate surface area is 201 Å². The Morgan fingerprint density at radius 3 is 2.63 bits per heavy atom. The van der Waals surface area contributed by atoms with Crippen LogP contribution in [0.2, 0.25) is 5.02 Å². The molecule has 35 heavy (non-hydrogen) atoms. The lowest BCUT2D eigenvalue weighted by molar-refractivity contribution is -0.143. The summed E-state index contributed by atoms with van der Waals surface area (Å²) in [6.45, 7) is 0. The number of aromatic nitrogens is 8. The SMILES string of the molecule is O=C(c1cnn(-c2ccnc3sccc23)c1C(F)(F)F)c1c[nH]c2nc(-n3nccn3)c(Cl)cc12. The van der Waals surface area contributed by atoms with E-state index in [1.165, 1.54) is 53.1 Å². The maximum Gasteiger partial charge on any atom is 0.434 e. The Kier molecular flexibility index (Phi) is 4.72. The molecule has 0 saturated carbocycles. The Bertz CT molecular complexity index is 1730. The number of nitrogens with one attached hydrogen (secondary N) is 1. The minimum atomic E-state index is -4.87. The van der Waals surface area contributed by atoms with E-state index < -0.39 is 23.2 Å². The first kappa shape index (κ1) is 21.4. The highest BCUT2D eigenvalue weighted by molar-refractivity contribution is 7.16. The summed E-state index contributed by atoms with van der Waals surface area (Å²) in [7, 11) is 0. The van der Waals surface area contributed by atoms with Crippen LogP contribution in [0.4, 0.5) is 13.2 Å². The molecule has 6 rings (SSSR count). The normalized spacial score (nSPS) is 12.1. The molecule has 0 aliphatic heterocycles. The van der Waals surface area contributed by atoms with E-state index in [0.29, 0.717) is 10.2 Å². The van der Waals surface area contributed by atoms with Crippen molar-refractivity contribution in [3.8, 4) is 11.5 Å². The summed E-state index contributed by atoms with van der Waals surface area (Å²) >= 11 is 7.61. The largest absolute Gasteiger partial charge is 0.434 e. The maximum absolute atomic E-state index is 14.3. The molecule has 0 spiro atoms. The van der Waals surface area contributed by atoms with E-state index >= 15 is 0 Å². The molecule has 0 aliphatic carbocycles. The van der Waals surface area contributed by atoms with E-state index in [0.717, 1.165) is 10.9 Å². The van der Waals surface area contributed by atoms with E-state index in [1.54, 1.807) is 11.4 Å². The standard InChI is InChI=1S/C21H10ClF3N8OS/c22-14-7-11-12(8-27-18(11)31-19(14)33-28-4-5-29-33)16(34)13-9-30-32(17(13)21(23,24)25)15-1-3-26-20-10(15)2-6-35-20/h1-9H,(H,27,31). The molecule has 0 unspecified atom stereocenters. The lowest BCUT2D eigenvalue weighted by atomic mass is 10.0. The van der Waals surface area contributed by atoms with E-state index in [9.17, 15) is 18.0 Å². The second kappa shape index (κ2) is 7.71. The van der Waals surface area contributed by atoms with Crippen molar-refractivity contribution < 1.29 is 18.0 Å². The second-order valence-corrected chi connectivity index (χ2v) is 8.63. The minimum absolute atomic E-state index is 0.0326. The molecule has 0 amide bonds. The first-order chi connectivity index (χ1) is 16.8. The maximum atomic E-state index is 14.3. The Morgan fingerprint density at radius 1 is 1.06 bits per heavy atom. The molecule has 1 N–H and O–H groups in total. The van der Waals surface area contributed by atoms with Gasteiger partial charge < -0.3 is 4.98 Å². The molecule has 6 aromatic rings. The molecule has 0 saturated heterocycles. The molecule has 6 aromatic heterocycles. The van der Waals surface area contributed by atoms with E-state index in [-0.39, 0.29) is 33.1 Å². The number of alkyl halides is 3. The summed E-state index contributed by atoms with van der Waals surface area (Å²) in [6.07, 6.45) is 1.62. The lowest BCUT2D eigenvalue weighted by Crippen LogP contribution is -2.18. The van der Waals surface area contributed by atoms with Crippen LogP contribution in [0.3, 0.4) is 0 Å². The zero-order chi connectivity index (χ0) is 24.3. The van der Waals surface area contributed by atoms with Crippen LogP contribution >= 0.6 is 22.9 Å². The third-order valence-corrected chi connectivity index (χ3v) is 6.41. The van der Waals surface area contributed by atoms with Crippen LogP contribution in [-0.4, -0.2) is 45.5 Å². The van der Waals surface area contributed by atoms with Gasteiger partial charge in [0.1, 0.15) is 10.5 Å². The number of fused-ring (bicyclic) bond motifs is 2. The molecule has 6 heterocycles. The minimum Gasteiger partial charge on any atom is -0.345 e. The predicted molar refractivity (Wildman–Crippen MR) is 121 cm³/mol. The van der Waals surface area contributed by atoms with E-state index in [4.69, 9.17) is 11.6 Å². The number of thiophene rings is 1. The molecule has 0 radical (unpaired) electrons. The van der Waals surface area contributed by atoms with Gasteiger partial charge in [0, 0.05) is 28.7 Å². The van der Waals surface area contributed by atoms with Gasteiger partial charge in [-0.2, -0.15) is 28.5 Å². The highest BCUT2D eigenvalue weighted by Crippen LogP contribution is 2.37. The number of nitrogens with zero attached hydrogens (tertiary/aromatic N) is 7. The van der Waals surface area contributed by atoms with Crippen LogP contribution in [0.15, 0.2) is 54.6 Å². The summed E-state index contributed by atoms with van der Waals surface area (Å²) in [5, 5.41) is 14.5. The summed E-state index contributed by atoms with van der Waals surface area (Å²) in [5.41, 5.74) is -1.42. The second-order valence-electron chi connectivity index (χ2n) is 7.33. The molecule has 9 nitrogen and oxygen atoms in total. The fourth-order valence-electron chi connectivity index (χ4n) is 3.83. The smallest absolute Gasteiger partial charge is 0.345 e. The van der Waals surface area contributed by atoms with Crippen molar-refractivity contribution in [3.63, 3.8) is 0 Å². The summed E-state index contributed by atoms with van der Waals surface area (Å²) < 4.78 is 43.5. The van der Waals surface area contributed by atoms with Crippen LogP contribution in [0.5, 0.6) is 0 Å². The van der Waals surface area contributed by atoms with Gasteiger partial charge >= 0.3 is 6.18 Å².